The lowest BCUT2D eigenvalue weighted by Crippen LogP contribution is -2.64. The molecule has 1 N–H and O–H groups in total. The van der Waals surface area contributed by atoms with Crippen molar-refractivity contribution in [2.24, 2.45) is 28.6 Å². The van der Waals surface area contributed by atoms with Crippen LogP contribution in [0.5, 0.6) is 0 Å². The largest absolute Gasteiger partial charge is 0.464 e. The minimum Gasteiger partial charge on any atom is -0.464 e. The number of hydrogen-bond donors (Lipinski definition) is 1. The Kier molecular flexibility index (Phi) is 5.02. The van der Waals surface area contributed by atoms with E-state index >= 15 is 0 Å². The molecule has 4 rings (SSSR count). The van der Waals surface area contributed by atoms with Gasteiger partial charge >= 0.3 is 5.97 Å². The van der Waals surface area contributed by atoms with Crippen LogP contribution in [-0.2, 0) is 19.1 Å². The maximum atomic E-state index is 12.6. The van der Waals surface area contributed by atoms with Gasteiger partial charge in [0.05, 0.1) is 6.61 Å². The second-order valence-corrected chi connectivity index (χ2v) is 9.91. The molecule has 3 aliphatic carbocycles. The number of hydrogen-bond acceptors (Lipinski definition) is 4. The number of piperidine rings is 1. The van der Waals surface area contributed by atoms with E-state index in [9.17, 15) is 9.59 Å². The van der Waals surface area contributed by atoms with E-state index in [2.05, 4.69) is 19.2 Å². The van der Waals surface area contributed by atoms with Crippen LogP contribution in [0.15, 0.2) is 0 Å². The summed E-state index contributed by atoms with van der Waals surface area (Å²) < 4.78 is 10.7. The van der Waals surface area contributed by atoms with E-state index in [0.29, 0.717) is 17.9 Å². The molecule has 0 radical (unpaired) electrons. The molecular formula is C22H35NO4. The summed E-state index contributed by atoms with van der Waals surface area (Å²) in [5, 5.41) is 3.25. The number of fused-ring (bicyclic) bond motifs is 5. The average molecular weight is 378 g/mol. The van der Waals surface area contributed by atoms with Gasteiger partial charge in [-0.1, -0.05) is 20.3 Å². The predicted molar refractivity (Wildman–Crippen MR) is 102 cm³/mol. The van der Waals surface area contributed by atoms with Gasteiger partial charge in [-0.25, -0.2) is 4.79 Å². The number of nitrogens with one attached hydrogen (secondary N) is 1. The van der Waals surface area contributed by atoms with Gasteiger partial charge in [-0.2, -0.15) is 0 Å². The SMILES string of the molecule is CCOC(=O)COC1C[C@@]2(C)C(CC[C@@H]3[C@H]2CC[C@]2(C)CCC[C@@H]32)NC1=O. The lowest BCUT2D eigenvalue weighted by atomic mass is 9.47. The van der Waals surface area contributed by atoms with E-state index in [1.165, 1.54) is 38.5 Å². The summed E-state index contributed by atoms with van der Waals surface area (Å²) in [6, 6.07) is 0.249. The van der Waals surface area contributed by atoms with Crippen molar-refractivity contribution >= 4 is 11.9 Å². The summed E-state index contributed by atoms with van der Waals surface area (Å²) in [4.78, 5) is 24.2. The summed E-state index contributed by atoms with van der Waals surface area (Å²) in [5.74, 6) is 1.85. The first-order valence-corrected chi connectivity index (χ1v) is 10.9. The number of amides is 1. The molecule has 2 unspecified atom stereocenters. The third-order valence-electron chi connectivity index (χ3n) is 8.59. The standard InChI is InChI=1S/C22H35NO4/c1-4-26-19(24)13-27-17-12-22(3)16-9-11-21(2)10-5-6-15(21)14(16)7-8-18(22)23-20(17)25/h14-18H,4-13H2,1-3H3,(H,23,25)/t14-,15-,16+,17?,18?,21-,22+/m0/s1. The first-order valence-electron chi connectivity index (χ1n) is 10.9. The fourth-order valence-electron chi connectivity index (χ4n) is 7.24. The molecule has 0 aromatic rings. The van der Waals surface area contributed by atoms with E-state index < -0.39 is 12.1 Å². The number of ether oxygens (including phenoxy) is 2. The first kappa shape index (κ1) is 19.2. The van der Waals surface area contributed by atoms with Crippen LogP contribution in [0.3, 0.4) is 0 Å². The van der Waals surface area contributed by atoms with Gasteiger partial charge in [0, 0.05) is 6.04 Å². The van der Waals surface area contributed by atoms with Crippen molar-refractivity contribution in [1.82, 2.24) is 5.32 Å². The van der Waals surface area contributed by atoms with Gasteiger partial charge < -0.3 is 14.8 Å². The highest BCUT2D eigenvalue weighted by Crippen LogP contribution is 2.64. The van der Waals surface area contributed by atoms with Crippen LogP contribution in [0.25, 0.3) is 0 Å². The molecular weight excluding hydrogens is 342 g/mol. The highest BCUT2D eigenvalue weighted by atomic mass is 16.6. The average Bonchev–Trinajstić information content (AvgIpc) is 3.02. The van der Waals surface area contributed by atoms with Crippen molar-refractivity contribution in [3.63, 3.8) is 0 Å². The third-order valence-corrected chi connectivity index (χ3v) is 8.59. The smallest absolute Gasteiger partial charge is 0.332 e. The Morgan fingerprint density at radius 2 is 1.96 bits per heavy atom. The summed E-state index contributed by atoms with van der Waals surface area (Å²) in [5.41, 5.74) is 0.613. The van der Waals surface area contributed by atoms with Crippen molar-refractivity contribution in [3.8, 4) is 0 Å². The van der Waals surface area contributed by atoms with Gasteiger partial charge in [-0.15, -0.1) is 0 Å². The molecule has 7 atom stereocenters. The van der Waals surface area contributed by atoms with Crippen LogP contribution in [0.4, 0.5) is 0 Å². The van der Waals surface area contributed by atoms with E-state index in [0.717, 1.165) is 24.7 Å². The monoisotopic (exact) mass is 377 g/mol. The Morgan fingerprint density at radius 3 is 2.74 bits per heavy atom. The fraction of sp³-hybridized carbons (Fsp3) is 0.909. The Bertz CT molecular complexity index is 607. The second kappa shape index (κ2) is 7.06. The number of carbonyl (C=O) groups is 2. The fourth-order valence-corrected chi connectivity index (χ4v) is 7.24. The van der Waals surface area contributed by atoms with Crippen molar-refractivity contribution < 1.29 is 19.1 Å². The molecule has 4 fully saturated rings. The molecule has 0 bridgehead atoms. The predicted octanol–water partition coefficient (Wildman–Crippen LogP) is 3.46. The number of esters is 1. The van der Waals surface area contributed by atoms with Crippen molar-refractivity contribution in [1.29, 1.82) is 0 Å². The number of carbonyl (C=O) groups excluding carboxylic acids is 2. The summed E-state index contributed by atoms with van der Waals surface area (Å²) in [7, 11) is 0. The Balaban J connectivity index is 1.49. The molecule has 27 heavy (non-hydrogen) atoms. The van der Waals surface area contributed by atoms with Gasteiger partial charge in [0.15, 0.2) is 0 Å². The summed E-state index contributed by atoms with van der Waals surface area (Å²) >= 11 is 0. The lowest BCUT2D eigenvalue weighted by Gasteiger charge is -2.60. The van der Waals surface area contributed by atoms with E-state index in [-0.39, 0.29) is 24.0 Å². The van der Waals surface area contributed by atoms with Gasteiger partial charge in [0.2, 0.25) is 5.91 Å². The van der Waals surface area contributed by atoms with Crippen molar-refractivity contribution in [3.05, 3.63) is 0 Å². The normalized spacial score (nSPS) is 46.0. The van der Waals surface area contributed by atoms with E-state index in [1.807, 2.05) is 0 Å². The first-order chi connectivity index (χ1) is 12.9. The topological polar surface area (TPSA) is 64.6 Å². The maximum absolute atomic E-state index is 12.6. The minimum absolute atomic E-state index is 0.0539. The molecule has 5 heteroatoms. The molecule has 1 heterocycles. The van der Waals surface area contributed by atoms with Gasteiger partial charge in [0.25, 0.3) is 0 Å². The van der Waals surface area contributed by atoms with Crippen LogP contribution in [-0.4, -0.2) is 37.2 Å². The van der Waals surface area contributed by atoms with Crippen LogP contribution >= 0.6 is 0 Å². The van der Waals surface area contributed by atoms with Gasteiger partial charge in [-0.05, 0) is 80.5 Å². The minimum atomic E-state index is -0.536. The van der Waals surface area contributed by atoms with Crippen molar-refractivity contribution in [2.75, 3.05) is 13.2 Å². The Labute approximate surface area is 162 Å². The molecule has 0 spiro atoms. The highest BCUT2D eigenvalue weighted by Gasteiger charge is 2.59. The summed E-state index contributed by atoms with van der Waals surface area (Å²) in [6.07, 6.45) is 9.28. The quantitative estimate of drug-likeness (QED) is 0.762. The Morgan fingerprint density at radius 1 is 1.15 bits per heavy atom. The van der Waals surface area contributed by atoms with E-state index in [1.54, 1.807) is 6.92 Å². The zero-order valence-corrected chi connectivity index (χ0v) is 17.1. The Hall–Kier alpha value is -1.10. The van der Waals surface area contributed by atoms with Gasteiger partial charge in [-0.3, -0.25) is 4.79 Å². The van der Waals surface area contributed by atoms with Crippen molar-refractivity contribution in [2.45, 2.75) is 84.3 Å². The zero-order chi connectivity index (χ0) is 19.2. The lowest BCUT2D eigenvalue weighted by molar-refractivity contribution is -0.165. The molecule has 1 amide bonds. The molecule has 0 aromatic carbocycles. The molecule has 5 nitrogen and oxygen atoms in total. The van der Waals surface area contributed by atoms with E-state index in [4.69, 9.17) is 9.47 Å². The molecule has 4 aliphatic rings. The van der Waals surface area contributed by atoms with Crippen LogP contribution in [0.1, 0.15) is 72.1 Å². The van der Waals surface area contributed by atoms with Gasteiger partial charge in [0.1, 0.15) is 12.7 Å². The second-order valence-electron chi connectivity index (χ2n) is 9.91. The zero-order valence-electron chi connectivity index (χ0n) is 17.1. The molecule has 3 saturated carbocycles. The molecule has 1 aliphatic heterocycles. The molecule has 1 saturated heterocycles. The van der Waals surface area contributed by atoms with Crippen LogP contribution in [0.2, 0.25) is 0 Å². The third kappa shape index (κ3) is 3.20. The maximum Gasteiger partial charge on any atom is 0.332 e. The van der Waals surface area contributed by atoms with Crippen LogP contribution < -0.4 is 5.32 Å². The molecule has 152 valence electrons. The van der Waals surface area contributed by atoms with Crippen LogP contribution in [0, 0.1) is 28.6 Å². The molecule has 0 aromatic heterocycles. The summed E-state index contributed by atoms with van der Waals surface area (Å²) in [6.45, 7) is 6.86. The highest BCUT2D eigenvalue weighted by molar-refractivity contribution is 5.82. The number of rotatable bonds is 4.